The zero-order valence-corrected chi connectivity index (χ0v) is 4.50. The molecule has 46 valence electrons. The summed E-state index contributed by atoms with van der Waals surface area (Å²) >= 11 is 0. The van der Waals surface area contributed by atoms with Gasteiger partial charge in [-0.25, -0.2) is 4.98 Å². The first kappa shape index (κ1) is 5.68. The van der Waals surface area contributed by atoms with Crippen LogP contribution in [-0.2, 0) is 0 Å². The second kappa shape index (κ2) is 2.21. The van der Waals surface area contributed by atoms with E-state index in [1.54, 1.807) is 0 Å². The van der Waals surface area contributed by atoms with Crippen LogP contribution >= 0.6 is 0 Å². The molecular weight excluding hydrogens is 120 g/mol. The number of imidazole rings is 1. The van der Waals surface area contributed by atoms with Crippen molar-refractivity contribution in [3.63, 3.8) is 0 Å². The molecule has 0 aliphatic rings. The average Bonchev–Trinajstić information content (AvgIpc) is 2.33. The number of carbonyl (C=O) groups is 2. The molecule has 1 heterocycles. The minimum Gasteiger partial charge on any atom is -0.342 e. The van der Waals surface area contributed by atoms with E-state index in [2.05, 4.69) is 9.97 Å². The first-order chi connectivity index (χ1) is 4.38. The van der Waals surface area contributed by atoms with Crippen molar-refractivity contribution in [2.75, 3.05) is 0 Å². The second-order valence-electron chi connectivity index (χ2n) is 1.44. The third-order valence-corrected chi connectivity index (χ3v) is 0.929. The number of hydrogen-bond donors (Lipinski definition) is 1. The highest BCUT2D eigenvalue weighted by molar-refractivity contribution is 5.86. The highest BCUT2D eigenvalue weighted by atomic mass is 16.1. The molecule has 1 aromatic heterocycles. The number of aldehydes is 2. The van der Waals surface area contributed by atoms with Crippen LogP contribution in [0, 0.1) is 0 Å². The predicted molar refractivity (Wildman–Crippen MR) is 29.4 cm³/mol. The molecule has 0 aliphatic heterocycles. The summed E-state index contributed by atoms with van der Waals surface area (Å²) in [5.41, 5.74) is 0.384. The highest BCUT2D eigenvalue weighted by Crippen LogP contribution is 1.92. The van der Waals surface area contributed by atoms with Gasteiger partial charge in [-0.1, -0.05) is 0 Å². The van der Waals surface area contributed by atoms with Crippen LogP contribution in [0.4, 0.5) is 0 Å². The molecule has 0 unspecified atom stereocenters. The van der Waals surface area contributed by atoms with Gasteiger partial charge in [0.1, 0.15) is 11.4 Å². The van der Waals surface area contributed by atoms with Gasteiger partial charge in [-0.05, 0) is 0 Å². The maximum absolute atomic E-state index is 10.0. The number of nitrogens with zero attached hydrogens (tertiary/aromatic N) is 1. The Kier molecular flexibility index (Phi) is 1.40. The van der Waals surface area contributed by atoms with E-state index >= 15 is 0 Å². The minimum absolute atomic E-state index is 0.157. The molecule has 0 bridgehead atoms. The maximum atomic E-state index is 10.0. The first-order valence-electron chi connectivity index (χ1n) is 2.32. The Bertz CT molecular complexity index is 206. The largest absolute Gasteiger partial charge is 0.342 e. The average molecular weight is 124 g/mol. The van der Waals surface area contributed by atoms with Gasteiger partial charge < -0.3 is 4.98 Å². The lowest BCUT2D eigenvalue weighted by Crippen LogP contribution is -1.86. The Morgan fingerprint density at radius 1 is 1.44 bits per heavy atom. The van der Waals surface area contributed by atoms with Gasteiger partial charge in [-0.2, -0.15) is 0 Å². The van der Waals surface area contributed by atoms with Crippen molar-refractivity contribution in [3.05, 3.63) is 17.7 Å². The summed E-state index contributed by atoms with van der Waals surface area (Å²) in [6.45, 7) is 0. The minimum atomic E-state index is 0.157. The Morgan fingerprint density at radius 2 is 2.22 bits per heavy atom. The molecule has 0 aromatic carbocycles. The normalized spacial score (nSPS) is 8.89. The third kappa shape index (κ3) is 0.861. The van der Waals surface area contributed by atoms with Crippen molar-refractivity contribution < 1.29 is 9.59 Å². The number of hydrogen-bond acceptors (Lipinski definition) is 3. The van der Waals surface area contributed by atoms with E-state index in [0.29, 0.717) is 12.6 Å². The molecule has 1 rings (SSSR count). The van der Waals surface area contributed by atoms with Crippen LogP contribution in [-0.4, -0.2) is 22.5 Å². The maximum Gasteiger partial charge on any atom is 0.170 e. The van der Waals surface area contributed by atoms with Gasteiger partial charge in [0.25, 0.3) is 0 Å². The summed E-state index contributed by atoms with van der Waals surface area (Å²) in [5.74, 6) is 0. The summed E-state index contributed by atoms with van der Waals surface area (Å²) < 4.78 is 0. The number of aromatic nitrogens is 2. The van der Waals surface area contributed by atoms with E-state index < -0.39 is 0 Å². The molecule has 0 amide bonds. The Balaban J connectivity index is 3.12. The third-order valence-electron chi connectivity index (χ3n) is 0.929. The topological polar surface area (TPSA) is 62.8 Å². The molecular formula is C5H4N2O2. The molecule has 1 aromatic rings. The lowest BCUT2D eigenvalue weighted by molar-refractivity contribution is 0.109. The van der Waals surface area contributed by atoms with Crippen LogP contribution in [0.5, 0.6) is 0 Å². The van der Waals surface area contributed by atoms with Gasteiger partial charge in [0, 0.05) is 0 Å². The fourth-order valence-corrected chi connectivity index (χ4v) is 0.503. The summed E-state index contributed by atoms with van der Waals surface area (Å²) in [4.78, 5) is 26.1. The van der Waals surface area contributed by atoms with Gasteiger partial charge in [-0.3, -0.25) is 9.59 Å². The van der Waals surface area contributed by atoms with Crippen molar-refractivity contribution in [2.45, 2.75) is 0 Å². The molecule has 0 fully saturated rings. The SMILES string of the molecule is O=Cc1nc[nH]c1C=O. The number of aromatic amines is 1. The highest BCUT2D eigenvalue weighted by Gasteiger charge is 1.99. The van der Waals surface area contributed by atoms with E-state index in [-0.39, 0.29) is 11.4 Å². The van der Waals surface area contributed by atoms with Crippen LogP contribution in [0.3, 0.4) is 0 Å². The lowest BCUT2D eigenvalue weighted by atomic mass is 10.4. The summed E-state index contributed by atoms with van der Waals surface area (Å²) in [6.07, 6.45) is 2.38. The molecule has 0 saturated carbocycles. The molecule has 0 atom stereocenters. The molecule has 4 heteroatoms. The fraction of sp³-hybridized carbons (Fsp3) is 0. The molecule has 0 aliphatic carbocycles. The predicted octanol–water partition coefficient (Wildman–Crippen LogP) is 0.0347. The van der Waals surface area contributed by atoms with Crippen molar-refractivity contribution in [3.8, 4) is 0 Å². The zero-order valence-electron chi connectivity index (χ0n) is 4.50. The van der Waals surface area contributed by atoms with Crippen molar-refractivity contribution in [2.24, 2.45) is 0 Å². The fourth-order valence-electron chi connectivity index (χ4n) is 0.503. The van der Waals surface area contributed by atoms with E-state index in [9.17, 15) is 9.59 Å². The number of carbonyl (C=O) groups excluding carboxylic acids is 2. The van der Waals surface area contributed by atoms with Gasteiger partial charge in [0.05, 0.1) is 6.33 Å². The smallest absolute Gasteiger partial charge is 0.170 e. The quantitative estimate of drug-likeness (QED) is 0.566. The van der Waals surface area contributed by atoms with Gasteiger partial charge in [0.2, 0.25) is 0 Å². The summed E-state index contributed by atoms with van der Waals surface area (Å²) in [7, 11) is 0. The molecule has 4 nitrogen and oxygen atoms in total. The van der Waals surface area contributed by atoms with E-state index in [1.807, 2.05) is 0 Å². The van der Waals surface area contributed by atoms with Crippen LogP contribution in [0.25, 0.3) is 0 Å². The lowest BCUT2D eigenvalue weighted by Gasteiger charge is -1.77. The summed E-state index contributed by atoms with van der Waals surface area (Å²) in [6, 6.07) is 0. The van der Waals surface area contributed by atoms with E-state index in [4.69, 9.17) is 0 Å². The second-order valence-corrected chi connectivity index (χ2v) is 1.44. The van der Waals surface area contributed by atoms with Crippen LogP contribution < -0.4 is 0 Å². The number of nitrogens with one attached hydrogen (secondary N) is 1. The van der Waals surface area contributed by atoms with Crippen LogP contribution in [0.1, 0.15) is 21.0 Å². The van der Waals surface area contributed by atoms with Crippen LogP contribution in [0.2, 0.25) is 0 Å². The van der Waals surface area contributed by atoms with Crippen LogP contribution in [0.15, 0.2) is 6.33 Å². The molecule has 0 spiro atoms. The number of H-pyrrole nitrogens is 1. The van der Waals surface area contributed by atoms with E-state index in [0.717, 1.165) is 0 Å². The molecule has 0 saturated heterocycles. The number of rotatable bonds is 2. The van der Waals surface area contributed by atoms with Crippen molar-refractivity contribution in [1.82, 2.24) is 9.97 Å². The molecule has 9 heavy (non-hydrogen) atoms. The Morgan fingerprint density at radius 3 is 2.67 bits per heavy atom. The van der Waals surface area contributed by atoms with Crippen molar-refractivity contribution >= 4 is 12.6 Å². The van der Waals surface area contributed by atoms with Crippen molar-refractivity contribution in [1.29, 1.82) is 0 Å². The molecule has 1 N–H and O–H groups in total. The monoisotopic (exact) mass is 124 g/mol. The summed E-state index contributed by atoms with van der Waals surface area (Å²) in [5, 5.41) is 0. The first-order valence-corrected chi connectivity index (χ1v) is 2.32. The Labute approximate surface area is 50.9 Å². The zero-order chi connectivity index (χ0) is 6.69. The Hall–Kier alpha value is -1.45. The standard InChI is InChI=1S/C5H4N2O2/c8-1-4-5(2-9)7-3-6-4/h1-3H,(H,6,7). The van der Waals surface area contributed by atoms with Gasteiger partial charge >= 0.3 is 0 Å². The molecule has 0 radical (unpaired) electrons. The van der Waals surface area contributed by atoms with Gasteiger partial charge in [0.15, 0.2) is 12.6 Å². The van der Waals surface area contributed by atoms with Gasteiger partial charge in [-0.15, -0.1) is 0 Å². The van der Waals surface area contributed by atoms with E-state index in [1.165, 1.54) is 6.33 Å².